The Hall–Kier alpha value is -2.32. The number of esters is 1. The number of hydrogen-bond acceptors (Lipinski definition) is 6. The van der Waals surface area contributed by atoms with Gasteiger partial charge in [-0.2, -0.15) is 11.8 Å². The first kappa shape index (κ1) is 20.0. The smallest absolute Gasteiger partial charge is 0.325 e. The number of carbonyl (C=O) groups is 3. The summed E-state index contributed by atoms with van der Waals surface area (Å²) in [5, 5.41) is 6.91. The highest BCUT2D eigenvalue weighted by Crippen LogP contribution is 2.10. The van der Waals surface area contributed by atoms with Crippen LogP contribution in [-0.4, -0.2) is 43.2 Å². The highest BCUT2D eigenvalue weighted by atomic mass is 32.2. The van der Waals surface area contributed by atoms with Crippen molar-refractivity contribution in [2.45, 2.75) is 5.75 Å². The van der Waals surface area contributed by atoms with Crippen LogP contribution in [-0.2, 0) is 20.1 Å². The van der Waals surface area contributed by atoms with E-state index in [2.05, 4.69) is 22.8 Å². The molecule has 2 amide bonds. The zero-order valence-electron chi connectivity index (χ0n) is 14.1. The Kier molecular flexibility index (Phi) is 8.71. The number of thiophene rings is 1. The maximum atomic E-state index is 11.7. The zero-order chi connectivity index (χ0) is 18.6. The van der Waals surface area contributed by atoms with E-state index in [0.29, 0.717) is 11.4 Å². The molecule has 26 heavy (non-hydrogen) atoms. The Morgan fingerprint density at radius 3 is 2.58 bits per heavy atom. The molecule has 0 aliphatic rings. The molecule has 0 spiro atoms. The van der Waals surface area contributed by atoms with Gasteiger partial charge in [-0.1, -0.05) is 36.4 Å². The lowest BCUT2D eigenvalue weighted by molar-refractivity contribution is -0.147. The maximum Gasteiger partial charge on any atom is 0.325 e. The van der Waals surface area contributed by atoms with Gasteiger partial charge >= 0.3 is 5.97 Å². The van der Waals surface area contributed by atoms with E-state index in [1.54, 1.807) is 29.3 Å². The maximum absolute atomic E-state index is 11.7. The summed E-state index contributed by atoms with van der Waals surface area (Å²) >= 11 is 3.00. The summed E-state index contributed by atoms with van der Waals surface area (Å²) in [5.41, 5.74) is 1.24. The predicted octanol–water partition coefficient (Wildman–Crippen LogP) is 2.07. The molecule has 1 aromatic heterocycles. The highest BCUT2D eigenvalue weighted by molar-refractivity contribution is 7.98. The molecule has 0 unspecified atom stereocenters. The Labute approximate surface area is 160 Å². The van der Waals surface area contributed by atoms with E-state index in [1.807, 2.05) is 18.2 Å². The van der Waals surface area contributed by atoms with Crippen LogP contribution in [0.5, 0.6) is 0 Å². The third-order valence-electron chi connectivity index (χ3n) is 3.18. The molecule has 0 aliphatic heterocycles. The number of hydrogen-bond donors (Lipinski definition) is 2. The summed E-state index contributed by atoms with van der Waals surface area (Å²) in [7, 11) is 0. The summed E-state index contributed by atoms with van der Waals surface area (Å²) < 4.78 is 4.83. The Morgan fingerprint density at radius 2 is 1.85 bits per heavy atom. The summed E-state index contributed by atoms with van der Waals surface area (Å²) in [4.78, 5) is 35.3. The first-order valence-electron chi connectivity index (χ1n) is 8.01. The SMILES string of the molecule is O=C(COC(=O)CNC(=O)c1cccs1)NCCSCc1ccccc1. The molecule has 0 radical (unpaired) electrons. The lowest BCUT2D eigenvalue weighted by Gasteiger charge is -2.07. The standard InChI is InChI=1S/C18H20N2O4S2/c21-16(19-8-10-25-13-14-5-2-1-3-6-14)12-24-17(22)11-20-18(23)15-7-4-9-26-15/h1-7,9H,8,10-13H2,(H,19,21)(H,20,23). The quantitative estimate of drug-likeness (QED) is 0.478. The van der Waals surface area contributed by atoms with Crippen molar-refractivity contribution in [3.05, 3.63) is 58.3 Å². The molecule has 0 atom stereocenters. The molecule has 1 heterocycles. The minimum Gasteiger partial charge on any atom is -0.454 e. The van der Waals surface area contributed by atoms with E-state index in [-0.39, 0.29) is 25.0 Å². The van der Waals surface area contributed by atoms with Crippen molar-refractivity contribution in [2.24, 2.45) is 0 Å². The molecule has 2 rings (SSSR count). The van der Waals surface area contributed by atoms with E-state index in [4.69, 9.17) is 4.74 Å². The van der Waals surface area contributed by atoms with Crippen LogP contribution in [0.3, 0.4) is 0 Å². The van der Waals surface area contributed by atoms with Crippen molar-refractivity contribution in [3.8, 4) is 0 Å². The van der Waals surface area contributed by atoms with Crippen molar-refractivity contribution < 1.29 is 19.1 Å². The van der Waals surface area contributed by atoms with Crippen molar-refractivity contribution in [1.29, 1.82) is 0 Å². The van der Waals surface area contributed by atoms with Gasteiger partial charge < -0.3 is 15.4 Å². The van der Waals surface area contributed by atoms with E-state index in [1.165, 1.54) is 16.9 Å². The van der Waals surface area contributed by atoms with Gasteiger partial charge in [0, 0.05) is 18.1 Å². The van der Waals surface area contributed by atoms with Crippen LogP contribution in [0, 0.1) is 0 Å². The predicted molar refractivity (Wildman–Crippen MR) is 103 cm³/mol. The minimum atomic E-state index is -0.650. The summed E-state index contributed by atoms with van der Waals surface area (Å²) in [6.45, 7) is -0.114. The Morgan fingerprint density at radius 1 is 1.04 bits per heavy atom. The van der Waals surface area contributed by atoms with E-state index < -0.39 is 5.97 Å². The Bertz CT molecular complexity index is 705. The van der Waals surface area contributed by atoms with Gasteiger partial charge in [-0.25, -0.2) is 0 Å². The molecule has 0 saturated carbocycles. The number of nitrogens with one attached hydrogen (secondary N) is 2. The van der Waals surface area contributed by atoms with Crippen LogP contribution in [0.1, 0.15) is 15.2 Å². The molecule has 6 nitrogen and oxygen atoms in total. The molecule has 0 aliphatic carbocycles. The average Bonchev–Trinajstić information content (AvgIpc) is 3.20. The van der Waals surface area contributed by atoms with Crippen molar-refractivity contribution in [1.82, 2.24) is 10.6 Å². The van der Waals surface area contributed by atoms with Crippen LogP contribution in [0.2, 0.25) is 0 Å². The largest absolute Gasteiger partial charge is 0.454 e. The van der Waals surface area contributed by atoms with E-state index in [0.717, 1.165) is 11.5 Å². The summed E-state index contributed by atoms with van der Waals surface area (Å²) in [6, 6.07) is 13.5. The molecule has 0 bridgehead atoms. The normalized spacial score (nSPS) is 10.2. The first-order chi connectivity index (χ1) is 12.6. The molecular formula is C18H20N2O4S2. The number of carbonyl (C=O) groups excluding carboxylic acids is 3. The van der Waals surface area contributed by atoms with Crippen molar-refractivity contribution in [2.75, 3.05) is 25.4 Å². The lowest BCUT2D eigenvalue weighted by atomic mass is 10.2. The lowest BCUT2D eigenvalue weighted by Crippen LogP contribution is -2.34. The van der Waals surface area contributed by atoms with Crippen molar-refractivity contribution in [3.63, 3.8) is 0 Å². The second-order valence-electron chi connectivity index (χ2n) is 5.21. The van der Waals surface area contributed by atoms with E-state index in [9.17, 15) is 14.4 Å². The van der Waals surface area contributed by atoms with Gasteiger partial charge in [-0.05, 0) is 17.0 Å². The number of ether oxygens (including phenoxy) is 1. The van der Waals surface area contributed by atoms with Crippen LogP contribution in [0.4, 0.5) is 0 Å². The molecule has 2 aromatic rings. The van der Waals surface area contributed by atoms with Gasteiger partial charge in [0.05, 0.1) is 4.88 Å². The van der Waals surface area contributed by atoms with Crippen LogP contribution >= 0.6 is 23.1 Å². The van der Waals surface area contributed by atoms with Gasteiger partial charge in [-0.15, -0.1) is 11.3 Å². The van der Waals surface area contributed by atoms with E-state index >= 15 is 0 Å². The molecular weight excluding hydrogens is 372 g/mol. The highest BCUT2D eigenvalue weighted by Gasteiger charge is 2.11. The number of benzene rings is 1. The van der Waals surface area contributed by atoms with Gasteiger partial charge in [0.25, 0.3) is 11.8 Å². The second kappa shape index (κ2) is 11.3. The van der Waals surface area contributed by atoms with Gasteiger partial charge in [-0.3, -0.25) is 14.4 Å². The average molecular weight is 393 g/mol. The zero-order valence-corrected chi connectivity index (χ0v) is 15.7. The minimum absolute atomic E-state index is 0.267. The van der Waals surface area contributed by atoms with Crippen molar-refractivity contribution >= 4 is 40.9 Å². The topological polar surface area (TPSA) is 84.5 Å². The number of rotatable bonds is 10. The Balaban J connectivity index is 1.50. The molecule has 2 N–H and O–H groups in total. The third-order valence-corrected chi connectivity index (χ3v) is 5.08. The monoisotopic (exact) mass is 392 g/mol. The fraction of sp³-hybridized carbons (Fsp3) is 0.278. The molecule has 138 valence electrons. The number of amides is 2. The van der Waals surface area contributed by atoms with Gasteiger partial charge in [0.2, 0.25) is 0 Å². The second-order valence-corrected chi connectivity index (χ2v) is 7.26. The van der Waals surface area contributed by atoms with Crippen LogP contribution in [0.25, 0.3) is 0 Å². The molecule has 1 aromatic carbocycles. The van der Waals surface area contributed by atoms with Crippen LogP contribution < -0.4 is 10.6 Å². The molecule has 0 saturated heterocycles. The van der Waals surface area contributed by atoms with Gasteiger partial charge in [0.15, 0.2) is 6.61 Å². The molecule has 8 heteroatoms. The fourth-order valence-corrected chi connectivity index (χ4v) is 3.38. The summed E-state index contributed by atoms with van der Waals surface area (Å²) in [6.07, 6.45) is 0. The summed E-state index contributed by atoms with van der Waals surface area (Å²) in [5.74, 6) is 0.310. The van der Waals surface area contributed by atoms with Gasteiger partial charge in [0.1, 0.15) is 6.54 Å². The fourth-order valence-electron chi connectivity index (χ4n) is 1.92. The molecule has 0 fully saturated rings. The third kappa shape index (κ3) is 7.71. The first-order valence-corrected chi connectivity index (χ1v) is 10.0. The number of thioether (sulfide) groups is 1. The van der Waals surface area contributed by atoms with Crippen LogP contribution in [0.15, 0.2) is 47.8 Å².